The molecule has 166 valence electrons. The number of aromatic nitrogens is 1. The van der Waals surface area contributed by atoms with Gasteiger partial charge in [-0.3, -0.25) is 4.79 Å². The van der Waals surface area contributed by atoms with Gasteiger partial charge in [0, 0.05) is 10.0 Å². The first kappa shape index (κ1) is 21.8. The fourth-order valence-electron chi connectivity index (χ4n) is 3.96. The number of hydrogen-bond acceptors (Lipinski definition) is 5. The van der Waals surface area contributed by atoms with Gasteiger partial charge >= 0.3 is 0 Å². The summed E-state index contributed by atoms with van der Waals surface area (Å²) in [5.41, 5.74) is 4.93. The van der Waals surface area contributed by atoms with Crippen LogP contribution in [0.25, 0.3) is 10.2 Å². The summed E-state index contributed by atoms with van der Waals surface area (Å²) >= 11 is 4.87. The molecule has 1 aromatic heterocycles. The van der Waals surface area contributed by atoms with Crippen molar-refractivity contribution in [3.63, 3.8) is 0 Å². The number of rotatable bonds is 5. The van der Waals surface area contributed by atoms with Crippen LogP contribution in [0.5, 0.6) is 5.75 Å². The standard InChI is InChI=1S/C26H22BrN3O2S/c1-32-22-12-13-23-24(15-22)33-26(29-23)30(28-16-17-6-10-21(27)11-7-17)25(31)20-9-8-18-4-2-3-5-19(18)14-20/h6-16H,2-5H2,1H3/b28-16+. The number of fused-ring (bicyclic) bond motifs is 2. The van der Waals surface area contributed by atoms with Gasteiger partial charge in [0.05, 0.1) is 23.5 Å². The van der Waals surface area contributed by atoms with E-state index >= 15 is 0 Å². The largest absolute Gasteiger partial charge is 0.497 e. The van der Waals surface area contributed by atoms with Crippen LogP contribution in [0, 0.1) is 0 Å². The summed E-state index contributed by atoms with van der Waals surface area (Å²) in [5, 5.41) is 6.51. The topological polar surface area (TPSA) is 54.8 Å². The zero-order valence-electron chi connectivity index (χ0n) is 18.1. The van der Waals surface area contributed by atoms with Crippen LogP contribution >= 0.6 is 27.3 Å². The molecule has 0 radical (unpaired) electrons. The zero-order valence-corrected chi connectivity index (χ0v) is 20.5. The number of thiazole rings is 1. The SMILES string of the molecule is COc1ccc2nc(N(/N=C/c3ccc(Br)cc3)C(=O)c3ccc4c(c3)CCCC4)sc2c1. The highest BCUT2D eigenvalue weighted by Gasteiger charge is 2.22. The number of hydrazone groups is 1. The first-order valence-electron chi connectivity index (χ1n) is 10.8. The van der Waals surface area contributed by atoms with Crippen LogP contribution in [0.3, 0.4) is 0 Å². The molecule has 0 saturated heterocycles. The predicted molar refractivity (Wildman–Crippen MR) is 138 cm³/mol. The van der Waals surface area contributed by atoms with Gasteiger partial charge in [0.15, 0.2) is 0 Å². The van der Waals surface area contributed by atoms with Gasteiger partial charge in [-0.05, 0) is 84.8 Å². The molecule has 5 nitrogen and oxygen atoms in total. The maximum absolute atomic E-state index is 13.7. The number of benzene rings is 3. The van der Waals surface area contributed by atoms with Gasteiger partial charge in [-0.25, -0.2) is 4.98 Å². The molecule has 0 bridgehead atoms. The van der Waals surface area contributed by atoms with Crippen LogP contribution in [0.4, 0.5) is 5.13 Å². The molecule has 4 aromatic rings. The molecule has 33 heavy (non-hydrogen) atoms. The number of nitrogens with zero attached hydrogens (tertiary/aromatic N) is 3. The smallest absolute Gasteiger partial charge is 0.280 e. The van der Waals surface area contributed by atoms with Crippen LogP contribution in [0.2, 0.25) is 0 Å². The Morgan fingerprint density at radius 3 is 2.64 bits per heavy atom. The zero-order chi connectivity index (χ0) is 22.8. The minimum atomic E-state index is -0.192. The first-order valence-corrected chi connectivity index (χ1v) is 12.4. The van der Waals surface area contributed by atoms with Gasteiger partial charge in [-0.1, -0.05) is 45.5 Å². The molecule has 0 fully saturated rings. The Hall–Kier alpha value is -3.03. The fraction of sp³-hybridized carbons (Fsp3) is 0.192. The highest BCUT2D eigenvalue weighted by molar-refractivity contribution is 9.10. The predicted octanol–water partition coefficient (Wildman–Crippen LogP) is 6.63. The lowest BCUT2D eigenvalue weighted by molar-refractivity contribution is 0.0987. The minimum absolute atomic E-state index is 0.192. The van der Waals surface area contributed by atoms with E-state index in [0.717, 1.165) is 45.3 Å². The number of carbonyl (C=O) groups excluding carboxylic acids is 1. The molecule has 0 N–H and O–H groups in total. The number of methoxy groups -OCH3 is 1. The normalized spacial score (nSPS) is 13.3. The molecule has 0 spiro atoms. The van der Waals surface area contributed by atoms with E-state index in [1.807, 2.05) is 54.6 Å². The Balaban J connectivity index is 1.54. The summed E-state index contributed by atoms with van der Waals surface area (Å²) in [5.74, 6) is 0.561. The first-order chi connectivity index (χ1) is 16.1. The Morgan fingerprint density at radius 2 is 1.85 bits per heavy atom. The summed E-state index contributed by atoms with van der Waals surface area (Å²) in [7, 11) is 1.64. The van der Waals surface area contributed by atoms with E-state index in [9.17, 15) is 4.79 Å². The van der Waals surface area contributed by atoms with Crippen molar-refractivity contribution < 1.29 is 9.53 Å². The van der Waals surface area contributed by atoms with Gasteiger partial charge in [-0.2, -0.15) is 10.1 Å². The van der Waals surface area contributed by atoms with Gasteiger partial charge in [-0.15, -0.1) is 0 Å². The van der Waals surface area contributed by atoms with Crippen molar-refractivity contribution in [1.82, 2.24) is 4.98 Å². The van der Waals surface area contributed by atoms with Crippen LogP contribution in [0.1, 0.15) is 39.9 Å². The molecule has 7 heteroatoms. The quantitative estimate of drug-likeness (QED) is 0.219. The number of amides is 1. The molecular formula is C26H22BrN3O2S. The van der Waals surface area contributed by atoms with Crippen molar-refractivity contribution in [3.05, 3.63) is 87.4 Å². The third-order valence-corrected chi connectivity index (χ3v) is 7.27. The second kappa shape index (κ2) is 9.45. The average Bonchev–Trinajstić information content (AvgIpc) is 3.27. The van der Waals surface area contributed by atoms with Crippen LogP contribution in [-0.2, 0) is 12.8 Å². The average molecular weight is 520 g/mol. The lowest BCUT2D eigenvalue weighted by Crippen LogP contribution is -2.26. The molecular weight excluding hydrogens is 498 g/mol. The lowest BCUT2D eigenvalue weighted by Gasteiger charge is -2.18. The van der Waals surface area contributed by atoms with E-state index < -0.39 is 0 Å². The van der Waals surface area contributed by atoms with Crippen molar-refractivity contribution in [3.8, 4) is 5.75 Å². The molecule has 0 aliphatic heterocycles. The summed E-state index contributed by atoms with van der Waals surface area (Å²) < 4.78 is 7.27. The van der Waals surface area contributed by atoms with Gasteiger partial charge in [0.1, 0.15) is 5.75 Å². The van der Waals surface area contributed by atoms with Gasteiger partial charge in [0.25, 0.3) is 5.91 Å². The minimum Gasteiger partial charge on any atom is -0.497 e. The molecule has 1 aliphatic rings. The third-order valence-electron chi connectivity index (χ3n) is 5.75. The molecule has 0 unspecified atom stereocenters. The maximum Gasteiger partial charge on any atom is 0.280 e. The number of aryl methyl sites for hydroxylation is 2. The van der Waals surface area contributed by atoms with Crippen molar-refractivity contribution in [2.45, 2.75) is 25.7 Å². The number of anilines is 1. The fourth-order valence-corrected chi connectivity index (χ4v) is 5.18. The molecule has 1 amide bonds. The van der Waals surface area contributed by atoms with E-state index in [0.29, 0.717) is 10.7 Å². The maximum atomic E-state index is 13.7. The molecule has 5 rings (SSSR count). The van der Waals surface area contributed by atoms with Gasteiger partial charge < -0.3 is 4.74 Å². The lowest BCUT2D eigenvalue weighted by atomic mass is 9.90. The Kier molecular flexibility index (Phi) is 6.24. The molecule has 0 saturated carbocycles. The number of ether oxygens (including phenoxy) is 1. The Morgan fingerprint density at radius 1 is 1.06 bits per heavy atom. The number of hydrogen-bond donors (Lipinski definition) is 0. The number of carbonyl (C=O) groups is 1. The van der Waals surface area contributed by atoms with E-state index in [-0.39, 0.29) is 5.91 Å². The highest BCUT2D eigenvalue weighted by Crippen LogP contribution is 2.33. The van der Waals surface area contributed by atoms with Crippen molar-refractivity contribution in [1.29, 1.82) is 0 Å². The van der Waals surface area contributed by atoms with Crippen LogP contribution in [-0.4, -0.2) is 24.2 Å². The molecule has 0 atom stereocenters. The molecule has 1 aliphatic carbocycles. The summed E-state index contributed by atoms with van der Waals surface area (Å²) in [6.45, 7) is 0. The monoisotopic (exact) mass is 519 g/mol. The third kappa shape index (κ3) is 4.70. The van der Waals surface area contributed by atoms with Crippen molar-refractivity contribution in [2.24, 2.45) is 5.10 Å². The summed E-state index contributed by atoms with van der Waals surface area (Å²) in [6.07, 6.45) is 6.15. The van der Waals surface area contributed by atoms with E-state index in [2.05, 4.69) is 27.1 Å². The Labute approximate surface area is 204 Å². The summed E-state index contributed by atoms with van der Waals surface area (Å²) in [6, 6.07) is 19.5. The highest BCUT2D eigenvalue weighted by atomic mass is 79.9. The van der Waals surface area contributed by atoms with Gasteiger partial charge in [0.2, 0.25) is 5.13 Å². The second-order valence-electron chi connectivity index (χ2n) is 7.93. The molecule has 3 aromatic carbocycles. The van der Waals surface area contributed by atoms with E-state index in [1.165, 1.54) is 33.9 Å². The Bertz CT molecular complexity index is 1350. The molecule has 1 heterocycles. The van der Waals surface area contributed by atoms with E-state index in [1.54, 1.807) is 13.3 Å². The number of halogens is 1. The van der Waals surface area contributed by atoms with Crippen LogP contribution in [0.15, 0.2) is 70.2 Å². The summed E-state index contributed by atoms with van der Waals surface area (Å²) in [4.78, 5) is 18.3. The van der Waals surface area contributed by atoms with Crippen LogP contribution < -0.4 is 9.75 Å². The van der Waals surface area contributed by atoms with Crippen molar-refractivity contribution >= 4 is 54.7 Å². The van der Waals surface area contributed by atoms with Crippen molar-refractivity contribution in [2.75, 3.05) is 12.1 Å². The van der Waals surface area contributed by atoms with E-state index in [4.69, 9.17) is 9.72 Å². The second-order valence-corrected chi connectivity index (χ2v) is 9.86.